The minimum absolute atomic E-state index is 0.0710. The third-order valence-electron chi connectivity index (χ3n) is 8.40. The first-order valence-corrected chi connectivity index (χ1v) is 13.0. The van der Waals surface area contributed by atoms with Crippen LogP contribution in [0, 0.1) is 0 Å². The van der Waals surface area contributed by atoms with Crippen LogP contribution in [0.2, 0.25) is 0 Å². The van der Waals surface area contributed by atoms with Gasteiger partial charge in [0.15, 0.2) is 0 Å². The van der Waals surface area contributed by atoms with Gasteiger partial charge in [0.2, 0.25) is 5.91 Å². The van der Waals surface area contributed by atoms with Gasteiger partial charge in [-0.2, -0.15) is 0 Å². The summed E-state index contributed by atoms with van der Waals surface area (Å²) in [5.41, 5.74) is 3.91. The minimum atomic E-state index is -0.867. The molecule has 6 rings (SSSR count). The van der Waals surface area contributed by atoms with Crippen LogP contribution in [0.25, 0.3) is 0 Å². The molecule has 0 bridgehead atoms. The average Bonchev–Trinajstić information content (AvgIpc) is 2.92. The smallest absolute Gasteiger partial charge is 0.254 e. The van der Waals surface area contributed by atoms with Gasteiger partial charge in [0.05, 0.1) is 6.04 Å². The average molecular weight is 465 g/mol. The van der Waals surface area contributed by atoms with E-state index in [1.165, 1.54) is 12.0 Å². The van der Waals surface area contributed by atoms with Crippen LogP contribution >= 0.6 is 0 Å². The van der Waals surface area contributed by atoms with E-state index in [9.17, 15) is 9.59 Å². The van der Waals surface area contributed by atoms with Crippen molar-refractivity contribution >= 4 is 17.5 Å². The van der Waals surface area contributed by atoms with Crippen molar-refractivity contribution in [2.45, 2.75) is 62.9 Å². The highest BCUT2D eigenvalue weighted by Crippen LogP contribution is 2.54. The summed E-state index contributed by atoms with van der Waals surface area (Å²) in [6.07, 6.45) is 6.05. The quantitative estimate of drug-likeness (QED) is 0.472. The summed E-state index contributed by atoms with van der Waals surface area (Å²) in [5.74, 6) is 0.176. The van der Waals surface area contributed by atoms with E-state index in [0.29, 0.717) is 18.5 Å². The third kappa shape index (κ3) is 3.26. The summed E-state index contributed by atoms with van der Waals surface area (Å²) < 4.78 is 0. The lowest BCUT2D eigenvalue weighted by atomic mass is 9.61. The second-order valence-electron chi connectivity index (χ2n) is 10.2. The maximum Gasteiger partial charge on any atom is 0.254 e. The summed E-state index contributed by atoms with van der Waals surface area (Å²) in [7, 11) is 0. The molecule has 2 atom stereocenters. The molecule has 0 N–H and O–H groups in total. The maximum absolute atomic E-state index is 14.8. The molecule has 1 aliphatic carbocycles. The Balaban J connectivity index is 1.66. The van der Waals surface area contributed by atoms with Crippen LogP contribution in [0.15, 0.2) is 78.9 Å². The summed E-state index contributed by atoms with van der Waals surface area (Å²) in [5, 5.41) is 0. The Morgan fingerprint density at radius 3 is 2.29 bits per heavy atom. The molecule has 3 aliphatic rings. The Morgan fingerprint density at radius 1 is 0.829 bits per heavy atom. The number of fused-ring (bicyclic) bond motifs is 3. The monoisotopic (exact) mass is 464 g/mol. The summed E-state index contributed by atoms with van der Waals surface area (Å²) in [6.45, 7) is 2.64. The fraction of sp³-hybridized carbons (Fsp3) is 0.355. The molecule has 1 fully saturated rings. The summed E-state index contributed by atoms with van der Waals surface area (Å²) >= 11 is 0. The number of hydrogen-bond donors (Lipinski definition) is 0. The van der Waals surface area contributed by atoms with E-state index in [2.05, 4.69) is 35.2 Å². The van der Waals surface area contributed by atoms with Gasteiger partial charge in [0.25, 0.3) is 5.91 Å². The van der Waals surface area contributed by atoms with Crippen LogP contribution in [0.1, 0.15) is 72.1 Å². The van der Waals surface area contributed by atoms with Crippen LogP contribution in [0.4, 0.5) is 5.69 Å². The second kappa shape index (κ2) is 8.67. The molecule has 35 heavy (non-hydrogen) atoms. The molecule has 1 spiro atoms. The van der Waals surface area contributed by atoms with E-state index in [1.54, 1.807) is 0 Å². The van der Waals surface area contributed by atoms with E-state index in [4.69, 9.17) is 0 Å². The summed E-state index contributed by atoms with van der Waals surface area (Å²) in [4.78, 5) is 33.1. The van der Waals surface area contributed by atoms with Crippen molar-refractivity contribution in [3.63, 3.8) is 0 Å². The fourth-order valence-electron chi connectivity index (χ4n) is 6.90. The SMILES string of the molecule is CCN1C(=O)[C@@]2(Cc3ccccc31)c1ccccc1C(=O)N(C1CCCCC1)C2c1ccccc1. The highest BCUT2D eigenvalue weighted by molar-refractivity contribution is 6.09. The van der Waals surface area contributed by atoms with Crippen molar-refractivity contribution in [3.05, 3.63) is 101 Å². The van der Waals surface area contributed by atoms with Gasteiger partial charge in [-0.3, -0.25) is 9.59 Å². The number of anilines is 1. The summed E-state index contributed by atoms with van der Waals surface area (Å²) in [6, 6.07) is 26.2. The van der Waals surface area contributed by atoms with Gasteiger partial charge in [-0.05, 0) is 55.0 Å². The number of nitrogens with zero attached hydrogens (tertiary/aromatic N) is 2. The lowest BCUT2D eigenvalue weighted by molar-refractivity contribution is -0.128. The lowest BCUT2D eigenvalue weighted by Gasteiger charge is -2.55. The van der Waals surface area contributed by atoms with E-state index in [0.717, 1.165) is 42.5 Å². The first-order chi connectivity index (χ1) is 17.2. The third-order valence-corrected chi connectivity index (χ3v) is 8.40. The van der Waals surface area contributed by atoms with E-state index in [1.807, 2.05) is 60.4 Å². The molecule has 1 unspecified atom stereocenters. The molecule has 4 nitrogen and oxygen atoms in total. The zero-order chi connectivity index (χ0) is 24.0. The standard InChI is InChI=1S/C31H32N2O2/c1-2-32-27-20-12-9-15-23(27)21-31(30(32)35)26-19-11-10-18-25(26)29(34)33(24-16-7-4-8-17-24)28(31)22-13-5-3-6-14-22/h3,5-6,9-15,18-20,24,28H,2,4,7-8,16-17,21H2,1H3/t28?,31-/m0/s1. The first-order valence-electron chi connectivity index (χ1n) is 13.0. The Bertz CT molecular complexity index is 1260. The Morgan fingerprint density at radius 2 is 1.51 bits per heavy atom. The van der Waals surface area contributed by atoms with Gasteiger partial charge in [-0.25, -0.2) is 0 Å². The van der Waals surface area contributed by atoms with Crippen LogP contribution in [0.3, 0.4) is 0 Å². The van der Waals surface area contributed by atoms with Crippen LogP contribution in [0.5, 0.6) is 0 Å². The highest BCUT2D eigenvalue weighted by atomic mass is 16.2. The number of likely N-dealkylation sites (N-methyl/N-ethyl adjacent to an activating group) is 1. The van der Waals surface area contributed by atoms with Gasteiger partial charge in [0.1, 0.15) is 5.41 Å². The van der Waals surface area contributed by atoms with Crippen molar-refractivity contribution in [2.75, 3.05) is 11.4 Å². The van der Waals surface area contributed by atoms with Crippen molar-refractivity contribution in [2.24, 2.45) is 0 Å². The first kappa shape index (κ1) is 22.1. The van der Waals surface area contributed by atoms with Gasteiger partial charge < -0.3 is 9.80 Å². The molecular weight excluding hydrogens is 432 g/mol. The molecule has 4 heteroatoms. The van der Waals surface area contributed by atoms with E-state index < -0.39 is 5.41 Å². The predicted octanol–water partition coefficient (Wildman–Crippen LogP) is 6.06. The zero-order valence-corrected chi connectivity index (χ0v) is 20.3. The van der Waals surface area contributed by atoms with Crippen molar-refractivity contribution in [3.8, 4) is 0 Å². The highest BCUT2D eigenvalue weighted by Gasteiger charge is 2.60. The number of benzene rings is 3. The minimum Gasteiger partial charge on any atom is -0.327 e. The Labute approximate surface area is 207 Å². The van der Waals surface area contributed by atoms with Crippen LogP contribution in [-0.2, 0) is 16.6 Å². The van der Waals surface area contributed by atoms with E-state index in [-0.39, 0.29) is 23.9 Å². The molecule has 2 amide bonds. The van der Waals surface area contributed by atoms with Gasteiger partial charge in [-0.15, -0.1) is 0 Å². The van der Waals surface area contributed by atoms with Gasteiger partial charge in [-0.1, -0.05) is 86.0 Å². The molecule has 0 saturated heterocycles. The van der Waals surface area contributed by atoms with Gasteiger partial charge >= 0.3 is 0 Å². The normalized spacial score (nSPS) is 24.4. The second-order valence-corrected chi connectivity index (χ2v) is 10.2. The molecule has 178 valence electrons. The molecular formula is C31H32N2O2. The predicted molar refractivity (Wildman–Crippen MR) is 139 cm³/mol. The van der Waals surface area contributed by atoms with Gasteiger partial charge in [0, 0.05) is 23.8 Å². The van der Waals surface area contributed by atoms with E-state index >= 15 is 0 Å². The van der Waals surface area contributed by atoms with Crippen molar-refractivity contribution < 1.29 is 9.59 Å². The van der Waals surface area contributed by atoms with Crippen molar-refractivity contribution in [1.82, 2.24) is 4.90 Å². The number of rotatable bonds is 3. The van der Waals surface area contributed by atoms with Crippen LogP contribution < -0.4 is 4.90 Å². The number of amides is 2. The largest absolute Gasteiger partial charge is 0.327 e. The molecule has 2 heterocycles. The lowest BCUT2D eigenvalue weighted by Crippen LogP contribution is -2.64. The molecule has 2 aliphatic heterocycles. The Hall–Kier alpha value is -3.40. The maximum atomic E-state index is 14.8. The zero-order valence-electron chi connectivity index (χ0n) is 20.3. The fourth-order valence-corrected chi connectivity index (χ4v) is 6.90. The van der Waals surface area contributed by atoms with Crippen molar-refractivity contribution in [1.29, 1.82) is 0 Å². The molecule has 3 aromatic rings. The number of para-hydroxylation sites is 1. The number of hydrogen-bond acceptors (Lipinski definition) is 2. The molecule has 0 aromatic heterocycles. The van der Waals surface area contributed by atoms with Crippen LogP contribution in [-0.4, -0.2) is 29.3 Å². The Kier molecular flexibility index (Phi) is 5.47. The topological polar surface area (TPSA) is 40.6 Å². The molecule has 3 aromatic carbocycles. The number of carbonyl (C=O) groups is 2. The molecule has 1 saturated carbocycles. The molecule has 0 radical (unpaired) electrons. The number of carbonyl (C=O) groups excluding carboxylic acids is 2.